The van der Waals surface area contributed by atoms with Crippen molar-refractivity contribution in [2.75, 3.05) is 10.6 Å². The van der Waals surface area contributed by atoms with Crippen molar-refractivity contribution in [1.29, 1.82) is 0 Å². The maximum atomic E-state index is 12.6. The molecule has 0 heterocycles. The van der Waals surface area contributed by atoms with E-state index in [0.29, 0.717) is 12.1 Å². The lowest BCUT2D eigenvalue weighted by Crippen LogP contribution is -2.51. The largest absolute Gasteiger partial charge is 0.352 e. The summed E-state index contributed by atoms with van der Waals surface area (Å²) in [5.74, 6) is -0.251. The number of hydrogen-bond donors (Lipinski definition) is 1. The highest BCUT2D eigenvalue weighted by Crippen LogP contribution is 2.23. The number of anilines is 1. The van der Waals surface area contributed by atoms with Gasteiger partial charge in [-0.15, -0.1) is 0 Å². The molecule has 0 spiro atoms. The van der Waals surface area contributed by atoms with Crippen LogP contribution < -0.4 is 9.62 Å². The average molecular weight is 340 g/mol. The van der Waals surface area contributed by atoms with Crippen molar-refractivity contribution in [2.24, 2.45) is 0 Å². The van der Waals surface area contributed by atoms with Gasteiger partial charge in [-0.25, -0.2) is 8.42 Å². The van der Waals surface area contributed by atoms with Crippen molar-refractivity contribution in [3.05, 3.63) is 29.8 Å². The molecule has 1 aromatic carbocycles. The Kier molecular flexibility index (Phi) is 7.06. The second-order valence-electron chi connectivity index (χ2n) is 6.02. The van der Waals surface area contributed by atoms with Crippen molar-refractivity contribution in [1.82, 2.24) is 5.32 Å². The van der Waals surface area contributed by atoms with Gasteiger partial charge in [0.15, 0.2) is 0 Å². The van der Waals surface area contributed by atoms with Gasteiger partial charge in [-0.05, 0) is 38.8 Å². The van der Waals surface area contributed by atoms with Crippen LogP contribution in [0.5, 0.6) is 0 Å². The first-order valence-corrected chi connectivity index (χ1v) is 9.92. The first-order chi connectivity index (χ1) is 10.7. The van der Waals surface area contributed by atoms with Gasteiger partial charge in [-0.3, -0.25) is 9.10 Å². The second kappa shape index (κ2) is 8.34. The van der Waals surface area contributed by atoms with Gasteiger partial charge >= 0.3 is 0 Å². The fourth-order valence-corrected chi connectivity index (χ4v) is 3.81. The van der Waals surface area contributed by atoms with Crippen molar-refractivity contribution < 1.29 is 13.2 Å². The van der Waals surface area contributed by atoms with E-state index in [1.807, 2.05) is 32.9 Å². The van der Waals surface area contributed by atoms with Crippen molar-refractivity contribution >= 4 is 21.6 Å². The Morgan fingerprint density at radius 2 is 1.78 bits per heavy atom. The van der Waals surface area contributed by atoms with Crippen LogP contribution in [0.3, 0.4) is 0 Å². The Morgan fingerprint density at radius 3 is 2.22 bits per heavy atom. The van der Waals surface area contributed by atoms with Crippen LogP contribution >= 0.6 is 0 Å². The molecule has 0 aromatic heterocycles. The number of nitrogens with zero attached hydrogens (tertiary/aromatic N) is 1. The minimum atomic E-state index is -3.56. The summed E-state index contributed by atoms with van der Waals surface area (Å²) >= 11 is 0. The lowest BCUT2D eigenvalue weighted by Gasteiger charge is -2.31. The van der Waals surface area contributed by atoms with Crippen LogP contribution in [0, 0.1) is 6.92 Å². The Bertz CT molecular complexity index is 611. The summed E-state index contributed by atoms with van der Waals surface area (Å²) in [6.07, 6.45) is 3.38. The third-order valence-corrected chi connectivity index (χ3v) is 4.91. The Morgan fingerprint density at radius 1 is 1.22 bits per heavy atom. The predicted octanol–water partition coefficient (Wildman–Crippen LogP) is 2.84. The first-order valence-electron chi connectivity index (χ1n) is 8.07. The molecule has 0 aliphatic heterocycles. The maximum Gasteiger partial charge on any atom is 0.244 e. The van der Waals surface area contributed by atoms with Crippen LogP contribution in [0.2, 0.25) is 0 Å². The molecule has 2 atom stereocenters. The third kappa shape index (κ3) is 5.53. The van der Waals surface area contributed by atoms with Crippen molar-refractivity contribution in [3.63, 3.8) is 0 Å². The topological polar surface area (TPSA) is 66.5 Å². The summed E-state index contributed by atoms with van der Waals surface area (Å²) in [6, 6.07) is 6.45. The number of benzene rings is 1. The second-order valence-corrected chi connectivity index (χ2v) is 7.88. The molecule has 0 bridgehead atoms. The number of rotatable bonds is 8. The van der Waals surface area contributed by atoms with Crippen molar-refractivity contribution in [3.8, 4) is 0 Å². The van der Waals surface area contributed by atoms with E-state index >= 15 is 0 Å². The lowest BCUT2D eigenvalue weighted by atomic mass is 10.1. The van der Waals surface area contributed by atoms with Crippen LogP contribution in [0.15, 0.2) is 24.3 Å². The summed E-state index contributed by atoms with van der Waals surface area (Å²) in [5, 5.41) is 2.92. The summed E-state index contributed by atoms with van der Waals surface area (Å²) in [5.41, 5.74) is 1.56. The van der Waals surface area contributed by atoms with Gasteiger partial charge in [0.25, 0.3) is 0 Å². The number of sulfonamides is 1. The van der Waals surface area contributed by atoms with E-state index in [9.17, 15) is 13.2 Å². The number of amides is 1. The zero-order valence-electron chi connectivity index (χ0n) is 14.7. The van der Waals surface area contributed by atoms with E-state index in [1.165, 1.54) is 4.31 Å². The average Bonchev–Trinajstić information content (AvgIpc) is 2.44. The molecule has 23 heavy (non-hydrogen) atoms. The van der Waals surface area contributed by atoms with Gasteiger partial charge in [0.2, 0.25) is 15.9 Å². The molecule has 0 unspecified atom stereocenters. The minimum absolute atomic E-state index is 0.0287. The predicted molar refractivity (Wildman–Crippen MR) is 95.1 cm³/mol. The smallest absolute Gasteiger partial charge is 0.244 e. The molecule has 130 valence electrons. The summed E-state index contributed by atoms with van der Waals surface area (Å²) in [6.45, 7) is 7.74. The van der Waals surface area contributed by atoms with Gasteiger partial charge in [0.05, 0.1) is 11.9 Å². The molecule has 6 heteroatoms. The van der Waals surface area contributed by atoms with E-state index in [4.69, 9.17) is 0 Å². The number of carbonyl (C=O) groups excluding carboxylic acids is 1. The normalized spacial score (nSPS) is 14.1. The van der Waals surface area contributed by atoms with Crippen LogP contribution in [-0.4, -0.2) is 32.7 Å². The molecular formula is C17H28N2O3S. The Labute approximate surface area is 140 Å². The van der Waals surface area contributed by atoms with Crippen LogP contribution in [0.25, 0.3) is 0 Å². The Hall–Kier alpha value is -1.56. The van der Waals surface area contributed by atoms with E-state index < -0.39 is 16.1 Å². The van der Waals surface area contributed by atoms with Gasteiger partial charge in [-0.1, -0.05) is 38.0 Å². The standard InChI is InChI=1S/C17H28N2O3S/c1-6-8-14(4)18-17(20)16(7-2)19(23(5,21)22)15-11-9-13(3)10-12-15/h9-12,14,16H,6-8H2,1-5H3,(H,18,20)/t14-,16-/m1/s1. The first kappa shape index (κ1) is 19.5. The van der Waals surface area contributed by atoms with Gasteiger partial charge in [0, 0.05) is 6.04 Å². The quantitative estimate of drug-likeness (QED) is 0.791. The number of hydrogen-bond acceptors (Lipinski definition) is 3. The summed E-state index contributed by atoms with van der Waals surface area (Å²) in [7, 11) is -3.56. The molecule has 0 saturated heterocycles. The van der Waals surface area contributed by atoms with Gasteiger partial charge < -0.3 is 5.32 Å². The molecule has 0 saturated carbocycles. The fourth-order valence-electron chi connectivity index (χ4n) is 2.60. The molecule has 1 aromatic rings. The number of aryl methyl sites for hydroxylation is 1. The minimum Gasteiger partial charge on any atom is -0.352 e. The molecule has 5 nitrogen and oxygen atoms in total. The summed E-state index contributed by atoms with van der Waals surface area (Å²) < 4.78 is 25.8. The van der Waals surface area contributed by atoms with E-state index in [-0.39, 0.29) is 11.9 Å². The molecule has 1 N–H and O–H groups in total. The van der Waals surface area contributed by atoms with E-state index in [0.717, 1.165) is 24.7 Å². The molecular weight excluding hydrogens is 312 g/mol. The van der Waals surface area contributed by atoms with Crippen molar-refractivity contribution in [2.45, 2.75) is 59.0 Å². The van der Waals surface area contributed by atoms with Crippen LogP contribution in [-0.2, 0) is 14.8 Å². The molecule has 1 amide bonds. The third-order valence-electron chi connectivity index (χ3n) is 3.73. The fraction of sp³-hybridized carbons (Fsp3) is 0.588. The Balaban J connectivity index is 3.13. The van der Waals surface area contributed by atoms with E-state index in [1.54, 1.807) is 12.1 Å². The zero-order valence-corrected chi connectivity index (χ0v) is 15.5. The highest BCUT2D eigenvalue weighted by molar-refractivity contribution is 7.92. The van der Waals surface area contributed by atoms with Gasteiger partial charge in [0.1, 0.15) is 6.04 Å². The number of carbonyl (C=O) groups is 1. The molecule has 0 aliphatic rings. The lowest BCUT2D eigenvalue weighted by molar-refractivity contribution is -0.122. The van der Waals surface area contributed by atoms with Gasteiger partial charge in [-0.2, -0.15) is 0 Å². The molecule has 0 radical (unpaired) electrons. The SMILES string of the molecule is CCC[C@@H](C)NC(=O)[C@@H](CC)N(c1ccc(C)cc1)S(C)(=O)=O. The highest BCUT2D eigenvalue weighted by Gasteiger charge is 2.31. The molecule has 0 aliphatic carbocycles. The summed E-state index contributed by atoms with van der Waals surface area (Å²) in [4.78, 5) is 12.6. The monoisotopic (exact) mass is 340 g/mol. The molecule has 0 fully saturated rings. The highest BCUT2D eigenvalue weighted by atomic mass is 32.2. The zero-order chi connectivity index (χ0) is 17.6. The van der Waals surface area contributed by atoms with Crippen LogP contribution in [0.1, 0.15) is 45.6 Å². The van der Waals surface area contributed by atoms with Crippen LogP contribution in [0.4, 0.5) is 5.69 Å². The molecule has 1 rings (SSSR count). The maximum absolute atomic E-state index is 12.6. The van der Waals surface area contributed by atoms with E-state index in [2.05, 4.69) is 12.2 Å². The number of nitrogens with one attached hydrogen (secondary N) is 1.